The zero-order valence-corrected chi connectivity index (χ0v) is 15.4. The minimum absolute atomic E-state index is 0.103. The monoisotopic (exact) mass is 355 g/mol. The number of ether oxygens (including phenoxy) is 2. The van der Waals surface area contributed by atoms with Crippen molar-refractivity contribution >= 4 is 5.91 Å². The average molecular weight is 355 g/mol. The van der Waals surface area contributed by atoms with Crippen LogP contribution in [0.1, 0.15) is 35.4 Å². The second-order valence-corrected chi connectivity index (χ2v) is 7.19. The molecule has 6 heteroatoms. The summed E-state index contributed by atoms with van der Waals surface area (Å²) in [6, 6.07) is 5.82. The number of carbonyl (C=O) groups is 1. The first kappa shape index (κ1) is 16.9. The SMILES string of the molecule is COc1cccc2c1OCC(C(=O)N(C)Cc1n[nH]c3c1CCCC3)C2. The van der Waals surface area contributed by atoms with Crippen molar-refractivity contribution in [3.8, 4) is 11.5 Å². The highest BCUT2D eigenvalue weighted by molar-refractivity contribution is 5.79. The Hall–Kier alpha value is -2.50. The molecule has 1 aromatic heterocycles. The number of benzene rings is 1. The number of para-hydroxylation sites is 1. The minimum Gasteiger partial charge on any atom is -0.493 e. The molecule has 2 aliphatic rings. The number of hydrogen-bond donors (Lipinski definition) is 1. The van der Waals surface area contributed by atoms with Crippen LogP contribution >= 0.6 is 0 Å². The Morgan fingerprint density at radius 1 is 1.38 bits per heavy atom. The van der Waals surface area contributed by atoms with E-state index in [4.69, 9.17) is 9.47 Å². The van der Waals surface area contributed by atoms with Crippen LogP contribution in [0.5, 0.6) is 11.5 Å². The molecule has 1 aliphatic heterocycles. The summed E-state index contributed by atoms with van der Waals surface area (Å²) in [4.78, 5) is 14.7. The summed E-state index contributed by atoms with van der Waals surface area (Å²) in [6.07, 6.45) is 5.21. The number of H-pyrrole nitrogens is 1. The van der Waals surface area contributed by atoms with Crippen LogP contribution in [0.3, 0.4) is 0 Å². The van der Waals surface area contributed by atoms with Crippen LogP contribution in [-0.2, 0) is 30.6 Å². The summed E-state index contributed by atoms with van der Waals surface area (Å²) < 4.78 is 11.2. The molecular weight excluding hydrogens is 330 g/mol. The Labute approximate surface area is 153 Å². The number of nitrogens with zero attached hydrogens (tertiary/aromatic N) is 2. The maximum absolute atomic E-state index is 12.9. The van der Waals surface area contributed by atoms with Gasteiger partial charge in [0.2, 0.25) is 5.91 Å². The van der Waals surface area contributed by atoms with Gasteiger partial charge in [-0.15, -0.1) is 0 Å². The predicted octanol–water partition coefficient (Wildman–Crippen LogP) is 2.51. The van der Waals surface area contributed by atoms with Gasteiger partial charge in [0, 0.05) is 12.7 Å². The van der Waals surface area contributed by atoms with Crippen molar-refractivity contribution in [2.75, 3.05) is 20.8 Å². The molecule has 2 aromatic rings. The molecule has 1 aliphatic carbocycles. The molecule has 138 valence electrons. The number of aromatic nitrogens is 2. The maximum atomic E-state index is 12.9. The van der Waals surface area contributed by atoms with E-state index < -0.39 is 0 Å². The van der Waals surface area contributed by atoms with E-state index in [1.165, 1.54) is 24.1 Å². The molecule has 1 aromatic carbocycles. The summed E-state index contributed by atoms with van der Waals surface area (Å²) >= 11 is 0. The number of carbonyl (C=O) groups excluding carboxylic acids is 1. The standard InChI is InChI=1S/C20H25N3O3/c1-23(11-17-15-7-3-4-8-16(15)21-22-17)20(24)14-10-13-6-5-9-18(25-2)19(13)26-12-14/h5-6,9,14H,3-4,7-8,10-12H2,1-2H3,(H,21,22). The van der Waals surface area contributed by atoms with Gasteiger partial charge in [0.05, 0.1) is 25.3 Å². The normalized spacial score (nSPS) is 18.5. The molecular formula is C20H25N3O3. The van der Waals surface area contributed by atoms with Crippen LogP contribution in [-0.4, -0.2) is 41.8 Å². The van der Waals surface area contributed by atoms with E-state index in [1.807, 2.05) is 25.2 Å². The molecule has 1 atom stereocenters. The average Bonchev–Trinajstić information content (AvgIpc) is 3.09. The summed E-state index contributed by atoms with van der Waals surface area (Å²) in [5.74, 6) is 1.42. The fourth-order valence-corrected chi connectivity index (χ4v) is 4.01. The number of fused-ring (bicyclic) bond motifs is 2. The molecule has 6 nitrogen and oxygen atoms in total. The number of hydrogen-bond acceptors (Lipinski definition) is 4. The van der Waals surface area contributed by atoms with Gasteiger partial charge in [0.15, 0.2) is 11.5 Å². The fraction of sp³-hybridized carbons (Fsp3) is 0.500. The molecule has 1 N–H and O–H groups in total. The van der Waals surface area contributed by atoms with Crippen molar-refractivity contribution in [1.82, 2.24) is 15.1 Å². The third-order valence-corrected chi connectivity index (χ3v) is 5.43. The first-order valence-corrected chi connectivity index (χ1v) is 9.26. The van der Waals surface area contributed by atoms with E-state index in [0.29, 0.717) is 19.6 Å². The molecule has 1 unspecified atom stereocenters. The van der Waals surface area contributed by atoms with Crippen LogP contribution in [0, 0.1) is 5.92 Å². The van der Waals surface area contributed by atoms with Crippen LogP contribution < -0.4 is 9.47 Å². The molecule has 0 radical (unpaired) electrons. The first-order chi connectivity index (χ1) is 12.7. The molecule has 0 saturated heterocycles. The Morgan fingerprint density at radius 3 is 3.08 bits per heavy atom. The third-order valence-electron chi connectivity index (χ3n) is 5.43. The summed E-state index contributed by atoms with van der Waals surface area (Å²) in [7, 11) is 3.49. The van der Waals surface area contributed by atoms with E-state index in [9.17, 15) is 4.79 Å². The Morgan fingerprint density at radius 2 is 2.23 bits per heavy atom. The lowest BCUT2D eigenvalue weighted by atomic mass is 9.94. The summed E-state index contributed by atoms with van der Waals surface area (Å²) in [6.45, 7) is 0.932. The second kappa shape index (κ2) is 7.02. The zero-order valence-electron chi connectivity index (χ0n) is 15.4. The van der Waals surface area contributed by atoms with Gasteiger partial charge in [-0.25, -0.2) is 0 Å². The number of aromatic amines is 1. The van der Waals surface area contributed by atoms with Crippen LogP contribution in [0.15, 0.2) is 18.2 Å². The molecule has 0 spiro atoms. The van der Waals surface area contributed by atoms with E-state index in [1.54, 1.807) is 12.0 Å². The van der Waals surface area contributed by atoms with Crippen molar-refractivity contribution in [3.63, 3.8) is 0 Å². The molecule has 0 bridgehead atoms. The second-order valence-electron chi connectivity index (χ2n) is 7.19. The quantitative estimate of drug-likeness (QED) is 0.915. The van der Waals surface area contributed by atoms with Crippen molar-refractivity contribution in [1.29, 1.82) is 0 Å². The number of amides is 1. The number of methoxy groups -OCH3 is 1. The lowest BCUT2D eigenvalue weighted by molar-refractivity contribution is -0.136. The lowest BCUT2D eigenvalue weighted by Gasteiger charge is -2.29. The number of nitrogens with one attached hydrogen (secondary N) is 1. The van der Waals surface area contributed by atoms with Gasteiger partial charge in [-0.05, 0) is 49.3 Å². The Bertz CT molecular complexity index is 815. The third kappa shape index (κ3) is 3.04. The van der Waals surface area contributed by atoms with Crippen LogP contribution in [0.4, 0.5) is 0 Å². The van der Waals surface area contributed by atoms with Crippen LogP contribution in [0.2, 0.25) is 0 Å². The molecule has 0 fully saturated rings. The minimum atomic E-state index is -0.172. The number of aryl methyl sites for hydroxylation is 1. The Balaban J connectivity index is 1.45. The van der Waals surface area contributed by atoms with Crippen molar-refractivity contribution in [2.24, 2.45) is 5.92 Å². The highest BCUT2D eigenvalue weighted by atomic mass is 16.5. The highest BCUT2D eigenvalue weighted by Gasteiger charge is 2.30. The van der Waals surface area contributed by atoms with Crippen molar-refractivity contribution in [3.05, 3.63) is 40.7 Å². The lowest BCUT2D eigenvalue weighted by Crippen LogP contribution is -2.38. The van der Waals surface area contributed by atoms with Gasteiger partial charge >= 0.3 is 0 Å². The Kier molecular flexibility index (Phi) is 4.57. The van der Waals surface area contributed by atoms with Crippen molar-refractivity contribution < 1.29 is 14.3 Å². The van der Waals surface area contributed by atoms with Gasteiger partial charge in [-0.3, -0.25) is 9.89 Å². The highest BCUT2D eigenvalue weighted by Crippen LogP contribution is 2.36. The van der Waals surface area contributed by atoms with Gasteiger partial charge < -0.3 is 14.4 Å². The molecule has 2 heterocycles. The molecule has 0 saturated carbocycles. The van der Waals surface area contributed by atoms with E-state index in [2.05, 4.69) is 10.2 Å². The predicted molar refractivity (Wildman–Crippen MR) is 97.4 cm³/mol. The van der Waals surface area contributed by atoms with Gasteiger partial charge in [0.1, 0.15) is 6.61 Å². The van der Waals surface area contributed by atoms with E-state index in [-0.39, 0.29) is 11.8 Å². The first-order valence-electron chi connectivity index (χ1n) is 9.26. The van der Waals surface area contributed by atoms with E-state index in [0.717, 1.165) is 35.6 Å². The van der Waals surface area contributed by atoms with Gasteiger partial charge in [-0.2, -0.15) is 5.10 Å². The zero-order chi connectivity index (χ0) is 18.1. The number of rotatable bonds is 4. The molecule has 26 heavy (non-hydrogen) atoms. The van der Waals surface area contributed by atoms with Gasteiger partial charge in [-0.1, -0.05) is 12.1 Å². The maximum Gasteiger partial charge on any atom is 0.229 e. The smallest absolute Gasteiger partial charge is 0.229 e. The van der Waals surface area contributed by atoms with Gasteiger partial charge in [0.25, 0.3) is 0 Å². The van der Waals surface area contributed by atoms with Crippen LogP contribution in [0.25, 0.3) is 0 Å². The van der Waals surface area contributed by atoms with Crippen molar-refractivity contribution in [2.45, 2.75) is 38.6 Å². The molecule has 1 amide bonds. The van der Waals surface area contributed by atoms with E-state index >= 15 is 0 Å². The summed E-state index contributed by atoms with van der Waals surface area (Å²) in [5, 5.41) is 7.61. The topological polar surface area (TPSA) is 67.5 Å². The molecule has 4 rings (SSSR count). The largest absolute Gasteiger partial charge is 0.493 e. The summed E-state index contributed by atoms with van der Waals surface area (Å²) in [5.41, 5.74) is 4.59. The fourth-order valence-electron chi connectivity index (χ4n) is 4.01.